The summed E-state index contributed by atoms with van der Waals surface area (Å²) in [6.07, 6.45) is 2.11. The Balaban J connectivity index is 1.33. The van der Waals surface area contributed by atoms with Crippen molar-refractivity contribution >= 4 is 65.1 Å². The van der Waals surface area contributed by atoms with Gasteiger partial charge in [0.2, 0.25) is 0 Å². The Bertz CT molecular complexity index is 1130. The summed E-state index contributed by atoms with van der Waals surface area (Å²) in [5.41, 5.74) is 2.15. The number of rotatable bonds is 4. The molecule has 1 saturated heterocycles. The molecule has 1 aliphatic rings. The van der Waals surface area contributed by atoms with Crippen molar-refractivity contribution in [1.82, 2.24) is 9.97 Å². The highest BCUT2D eigenvalue weighted by molar-refractivity contribution is 7.98. The van der Waals surface area contributed by atoms with Gasteiger partial charge in [0.25, 0.3) is 0 Å². The number of anilines is 2. The minimum atomic E-state index is 0.856. The molecule has 0 saturated carbocycles. The van der Waals surface area contributed by atoms with Crippen molar-refractivity contribution in [3.05, 3.63) is 36.4 Å². The van der Waals surface area contributed by atoms with Crippen molar-refractivity contribution in [2.45, 2.75) is 4.90 Å². The zero-order valence-corrected chi connectivity index (χ0v) is 18.2. The van der Waals surface area contributed by atoms with Crippen molar-refractivity contribution < 1.29 is 4.74 Å². The predicted molar refractivity (Wildman–Crippen MR) is 122 cm³/mol. The van der Waals surface area contributed by atoms with E-state index in [0.717, 1.165) is 53.2 Å². The monoisotopic (exact) mass is 428 g/mol. The standard InChI is InChI=1S/C20H20N4OS3/c1-25-13-6-7-15-14(12-13)21-19(27-15)23-8-10-24(11-9-23)20-22-18-16(26-2)4-3-5-17(18)28-20/h3-7,12H,8-11H2,1-2H3. The number of methoxy groups -OCH3 is 1. The van der Waals surface area contributed by atoms with Gasteiger partial charge < -0.3 is 14.5 Å². The molecule has 0 N–H and O–H groups in total. The highest BCUT2D eigenvalue weighted by Gasteiger charge is 2.22. The van der Waals surface area contributed by atoms with E-state index in [9.17, 15) is 0 Å². The number of para-hydroxylation sites is 1. The van der Waals surface area contributed by atoms with Crippen LogP contribution in [-0.4, -0.2) is 49.5 Å². The van der Waals surface area contributed by atoms with Gasteiger partial charge >= 0.3 is 0 Å². The van der Waals surface area contributed by atoms with Gasteiger partial charge in [-0.1, -0.05) is 28.7 Å². The second-order valence-electron chi connectivity index (χ2n) is 6.61. The second kappa shape index (κ2) is 7.42. The first-order chi connectivity index (χ1) is 13.7. The molecule has 2 aromatic heterocycles. The molecule has 0 amide bonds. The molecule has 4 aromatic rings. The Morgan fingerprint density at radius 2 is 1.64 bits per heavy atom. The maximum absolute atomic E-state index is 5.32. The van der Waals surface area contributed by atoms with Gasteiger partial charge in [0.1, 0.15) is 5.75 Å². The SMILES string of the molecule is COc1ccc2sc(N3CCN(c4nc5c(SC)cccc5s4)CC3)nc2c1. The van der Waals surface area contributed by atoms with E-state index in [1.807, 2.05) is 12.1 Å². The van der Waals surface area contributed by atoms with Gasteiger partial charge in [-0.05, 0) is 30.5 Å². The Hall–Kier alpha value is -2.03. The van der Waals surface area contributed by atoms with Gasteiger partial charge in [-0.15, -0.1) is 11.8 Å². The smallest absolute Gasteiger partial charge is 0.186 e. The lowest BCUT2D eigenvalue weighted by Gasteiger charge is -2.34. The van der Waals surface area contributed by atoms with Crippen LogP contribution in [0.5, 0.6) is 5.75 Å². The fourth-order valence-corrected chi connectivity index (χ4v) is 6.13. The zero-order chi connectivity index (χ0) is 19.1. The van der Waals surface area contributed by atoms with Gasteiger partial charge in [-0.3, -0.25) is 0 Å². The van der Waals surface area contributed by atoms with Gasteiger partial charge in [0, 0.05) is 37.1 Å². The lowest BCUT2D eigenvalue weighted by Crippen LogP contribution is -2.46. The molecular weight excluding hydrogens is 408 g/mol. The molecule has 0 spiro atoms. The lowest BCUT2D eigenvalue weighted by atomic mass is 10.3. The molecule has 3 heterocycles. The van der Waals surface area contributed by atoms with E-state index in [1.54, 1.807) is 41.5 Å². The second-order valence-corrected chi connectivity index (χ2v) is 9.47. The highest BCUT2D eigenvalue weighted by Crippen LogP contribution is 2.35. The molecule has 0 atom stereocenters. The van der Waals surface area contributed by atoms with Crippen molar-refractivity contribution in [2.24, 2.45) is 0 Å². The van der Waals surface area contributed by atoms with E-state index >= 15 is 0 Å². The first kappa shape index (κ1) is 18.0. The van der Waals surface area contributed by atoms with Gasteiger partial charge in [-0.2, -0.15) is 0 Å². The Labute approximate surface area is 176 Å². The van der Waals surface area contributed by atoms with Crippen LogP contribution in [-0.2, 0) is 0 Å². The molecule has 0 unspecified atom stereocenters. The number of hydrogen-bond donors (Lipinski definition) is 0. The number of aromatic nitrogens is 2. The number of hydrogen-bond acceptors (Lipinski definition) is 8. The van der Waals surface area contributed by atoms with E-state index in [1.165, 1.54) is 14.3 Å². The Morgan fingerprint density at radius 3 is 2.36 bits per heavy atom. The summed E-state index contributed by atoms with van der Waals surface area (Å²) in [6, 6.07) is 12.5. The topological polar surface area (TPSA) is 41.5 Å². The first-order valence-corrected chi connectivity index (χ1v) is 12.0. The zero-order valence-electron chi connectivity index (χ0n) is 15.7. The normalized spacial score (nSPS) is 14.9. The summed E-state index contributed by atoms with van der Waals surface area (Å²) in [7, 11) is 1.69. The molecule has 144 valence electrons. The van der Waals surface area contributed by atoms with Crippen molar-refractivity contribution in [3.8, 4) is 5.75 Å². The molecule has 2 aromatic carbocycles. The molecule has 0 bridgehead atoms. The van der Waals surface area contributed by atoms with Crippen molar-refractivity contribution in [1.29, 1.82) is 0 Å². The number of piperazine rings is 1. The predicted octanol–water partition coefficient (Wildman–Crippen LogP) is 4.96. The van der Waals surface area contributed by atoms with Gasteiger partial charge in [0.05, 0.1) is 27.5 Å². The van der Waals surface area contributed by atoms with Crippen LogP contribution < -0.4 is 14.5 Å². The number of thiazole rings is 2. The third-order valence-corrected chi connectivity index (χ3v) is 7.94. The molecule has 0 aliphatic carbocycles. The minimum absolute atomic E-state index is 0.856. The summed E-state index contributed by atoms with van der Waals surface area (Å²) >= 11 is 5.31. The molecule has 0 radical (unpaired) electrons. The number of fused-ring (bicyclic) bond motifs is 2. The number of ether oxygens (including phenoxy) is 1. The fourth-order valence-electron chi connectivity index (χ4n) is 3.46. The third-order valence-electron chi connectivity index (χ3n) is 4.99. The fraction of sp³-hybridized carbons (Fsp3) is 0.300. The summed E-state index contributed by atoms with van der Waals surface area (Å²) in [4.78, 5) is 15.8. The number of thioether (sulfide) groups is 1. The maximum Gasteiger partial charge on any atom is 0.186 e. The first-order valence-electron chi connectivity index (χ1n) is 9.13. The quantitative estimate of drug-likeness (QED) is 0.428. The van der Waals surface area contributed by atoms with Gasteiger partial charge in [-0.25, -0.2) is 9.97 Å². The molecule has 1 fully saturated rings. The van der Waals surface area contributed by atoms with Crippen molar-refractivity contribution in [3.63, 3.8) is 0 Å². The van der Waals surface area contributed by atoms with Crippen LogP contribution in [0.15, 0.2) is 41.3 Å². The Kier molecular flexibility index (Phi) is 4.78. The maximum atomic E-state index is 5.32. The number of benzene rings is 2. The van der Waals surface area contributed by atoms with Crippen LogP contribution >= 0.6 is 34.4 Å². The molecule has 8 heteroatoms. The molecular formula is C20H20N4OS3. The van der Waals surface area contributed by atoms with E-state index in [0.29, 0.717) is 0 Å². The summed E-state index contributed by atoms with van der Waals surface area (Å²) in [6.45, 7) is 3.85. The van der Waals surface area contributed by atoms with Crippen LogP contribution in [0.3, 0.4) is 0 Å². The molecule has 5 nitrogen and oxygen atoms in total. The van der Waals surface area contributed by atoms with Gasteiger partial charge in [0.15, 0.2) is 10.3 Å². The Morgan fingerprint density at radius 1 is 0.929 bits per heavy atom. The van der Waals surface area contributed by atoms with E-state index < -0.39 is 0 Å². The van der Waals surface area contributed by atoms with Crippen LogP contribution in [0, 0.1) is 0 Å². The highest BCUT2D eigenvalue weighted by atomic mass is 32.2. The van der Waals surface area contributed by atoms with Crippen molar-refractivity contribution in [2.75, 3.05) is 49.3 Å². The van der Waals surface area contributed by atoms with Crippen LogP contribution in [0.2, 0.25) is 0 Å². The largest absolute Gasteiger partial charge is 0.497 e. The van der Waals surface area contributed by atoms with E-state index in [4.69, 9.17) is 14.7 Å². The summed E-state index contributed by atoms with van der Waals surface area (Å²) in [5.74, 6) is 0.856. The summed E-state index contributed by atoms with van der Waals surface area (Å²) in [5, 5.41) is 2.22. The average molecular weight is 429 g/mol. The van der Waals surface area contributed by atoms with Crippen LogP contribution in [0.4, 0.5) is 10.3 Å². The lowest BCUT2D eigenvalue weighted by molar-refractivity contribution is 0.415. The molecule has 5 rings (SSSR count). The number of nitrogens with zero attached hydrogens (tertiary/aromatic N) is 4. The summed E-state index contributed by atoms with van der Waals surface area (Å²) < 4.78 is 7.79. The average Bonchev–Trinajstić information content (AvgIpc) is 3.37. The minimum Gasteiger partial charge on any atom is -0.497 e. The van der Waals surface area contributed by atoms with Crippen LogP contribution in [0.1, 0.15) is 0 Å². The molecule has 28 heavy (non-hydrogen) atoms. The van der Waals surface area contributed by atoms with Crippen LogP contribution in [0.25, 0.3) is 20.4 Å². The van der Waals surface area contributed by atoms with E-state index in [2.05, 4.69) is 40.3 Å². The van der Waals surface area contributed by atoms with E-state index in [-0.39, 0.29) is 0 Å². The molecule has 1 aliphatic heterocycles. The third kappa shape index (κ3) is 3.19.